The number of carbonyl (C=O) groups excluding carboxylic acids is 1. The number of benzene rings is 2. The van der Waals surface area contributed by atoms with E-state index in [-0.39, 0.29) is 12.4 Å². The summed E-state index contributed by atoms with van der Waals surface area (Å²) >= 11 is 7.40. The number of methoxy groups -OCH3 is 1. The zero-order valence-electron chi connectivity index (χ0n) is 12.9. The highest BCUT2D eigenvalue weighted by molar-refractivity contribution is 14.1. The molecule has 2 N–H and O–H groups in total. The van der Waals surface area contributed by atoms with Crippen LogP contribution in [-0.2, 0) is 4.79 Å². The molecule has 0 aliphatic rings. The van der Waals surface area contributed by atoms with Crippen molar-refractivity contribution < 1.29 is 19.4 Å². The molecule has 25 heavy (non-hydrogen) atoms. The van der Waals surface area contributed by atoms with E-state index in [1.807, 2.05) is 45.2 Å². The number of ether oxygens (including phenoxy) is 2. The topological polar surface area (TPSA) is 80.2 Å². The largest absolute Gasteiger partial charge is 0.506 e. The number of hydrogen-bond acceptors (Lipinski definition) is 5. The Labute approximate surface area is 180 Å². The minimum Gasteiger partial charge on any atom is -0.506 e. The first kappa shape index (κ1) is 20.2. The minimum absolute atomic E-state index is 0.194. The lowest BCUT2D eigenvalue weighted by molar-refractivity contribution is -0.123. The quantitative estimate of drug-likeness (QED) is 0.288. The van der Waals surface area contributed by atoms with Gasteiger partial charge in [-0.25, -0.2) is 5.43 Å². The van der Waals surface area contributed by atoms with Gasteiger partial charge in [0.05, 0.1) is 20.5 Å². The fraction of sp³-hybridized carbons (Fsp3) is 0.125. The number of hydrazone groups is 1. The van der Waals surface area contributed by atoms with Crippen LogP contribution in [0.15, 0.2) is 39.9 Å². The van der Waals surface area contributed by atoms with Gasteiger partial charge in [0.15, 0.2) is 18.1 Å². The highest BCUT2D eigenvalue weighted by Gasteiger charge is 2.08. The Bertz CT molecular complexity index is 792. The fourth-order valence-electron chi connectivity index (χ4n) is 1.77. The summed E-state index contributed by atoms with van der Waals surface area (Å²) in [5.41, 5.74) is 3.16. The van der Waals surface area contributed by atoms with Crippen molar-refractivity contribution in [3.8, 4) is 17.2 Å². The van der Waals surface area contributed by atoms with Gasteiger partial charge in [-0.15, -0.1) is 0 Å². The Morgan fingerprint density at radius 1 is 1.28 bits per heavy atom. The van der Waals surface area contributed by atoms with Crippen LogP contribution in [-0.4, -0.2) is 30.9 Å². The molecular weight excluding hydrogens is 618 g/mol. The SMILES string of the molecule is COc1cc(Br)ccc1OCC(=O)N/N=C/c1cc(I)c(O)c(I)c1. The first-order valence-corrected chi connectivity index (χ1v) is 9.82. The maximum absolute atomic E-state index is 11.8. The van der Waals surface area contributed by atoms with Crippen LogP contribution >= 0.6 is 61.1 Å². The smallest absolute Gasteiger partial charge is 0.277 e. The van der Waals surface area contributed by atoms with Crippen LogP contribution in [0.3, 0.4) is 0 Å². The zero-order valence-corrected chi connectivity index (χ0v) is 18.8. The molecule has 0 heterocycles. The third kappa shape index (κ3) is 5.99. The van der Waals surface area contributed by atoms with E-state index in [2.05, 4.69) is 26.5 Å². The van der Waals surface area contributed by atoms with Crippen LogP contribution in [0.2, 0.25) is 0 Å². The van der Waals surface area contributed by atoms with Crippen molar-refractivity contribution in [1.82, 2.24) is 5.43 Å². The van der Waals surface area contributed by atoms with E-state index < -0.39 is 5.91 Å². The molecule has 2 rings (SSSR count). The number of rotatable bonds is 6. The number of amides is 1. The van der Waals surface area contributed by atoms with Crippen molar-refractivity contribution in [2.24, 2.45) is 5.10 Å². The Balaban J connectivity index is 1.91. The minimum atomic E-state index is -0.399. The third-order valence-electron chi connectivity index (χ3n) is 2.93. The lowest BCUT2D eigenvalue weighted by atomic mass is 10.2. The van der Waals surface area contributed by atoms with Gasteiger partial charge in [0.25, 0.3) is 5.91 Å². The van der Waals surface area contributed by atoms with E-state index >= 15 is 0 Å². The maximum Gasteiger partial charge on any atom is 0.277 e. The number of phenolic OH excluding ortho intramolecular Hbond substituents is 1. The monoisotopic (exact) mass is 630 g/mol. The number of nitrogens with zero attached hydrogens (tertiary/aromatic N) is 1. The second kappa shape index (κ2) is 9.57. The highest BCUT2D eigenvalue weighted by Crippen LogP contribution is 2.30. The van der Waals surface area contributed by atoms with Crippen molar-refractivity contribution >= 4 is 73.2 Å². The van der Waals surface area contributed by atoms with Crippen molar-refractivity contribution in [3.05, 3.63) is 47.5 Å². The normalized spacial score (nSPS) is 10.7. The van der Waals surface area contributed by atoms with Gasteiger partial charge in [-0.2, -0.15) is 5.10 Å². The van der Waals surface area contributed by atoms with Gasteiger partial charge < -0.3 is 14.6 Å². The molecule has 6 nitrogen and oxygen atoms in total. The predicted octanol–water partition coefficient (Wildman–Crippen LogP) is 3.90. The van der Waals surface area contributed by atoms with Crippen LogP contribution < -0.4 is 14.9 Å². The van der Waals surface area contributed by atoms with E-state index in [0.29, 0.717) is 18.6 Å². The summed E-state index contributed by atoms with van der Waals surface area (Å²) in [5.74, 6) is 0.829. The maximum atomic E-state index is 11.8. The summed E-state index contributed by atoms with van der Waals surface area (Å²) in [6.45, 7) is -0.194. The molecule has 0 bridgehead atoms. The number of aromatic hydroxyl groups is 1. The average molecular weight is 631 g/mol. The molecule has 0 fully saturated rings. The lowest BCUT2D eigenvalue weighted by Crippen LogP contribution is -2.24. The first-order chi connectivity index (χ1) is 11.9. The first-order valence-electron chi connectivity index (χ1n) is 6.87. The summed E-state index contributed by atoms with van der Waals surface area (Å²) in [4.78, 5) is 11.8. The molecule has 1 amide bonds. The number of nitrogens with one attached hydrogen (secondary N) is 1. The van der Waals surface area contributed by atoms with Crippen LogP contribution in [0, 0.1) is 7.14 Å². The van der Waals surface area contributed by atoms with Crippen molar-refractivity contribution in [1.29, 1.82) is 0 Å². The molecule has 0 aromatic heterocycles. The lowest BCUT2D eigenvalue weighted by Gasteiger charge is -2.10. The number of phenols is 1. The molecule has 0 spiro atoms. The van der Waals surface area contributed by atoms with Gasteiger partial charge in [-0.3, -0.25) is 4.79 Å². The molecule has 0 atom stereocenters. The average Bonchev–Trinajstić information content (AvgIpc) is 2.58. The Kier molecular flexibility index (Phi) is 7.75. The Morgan fingerprint density at radius 3 is 2.60 bits per heavy atom. The third-order valence-corrected chi connectivity index (χ3v) is 5.06. The summed E-state index contributed by atoms with van der Waals surface area (Å²) < 4.78 is 12.9. The summed E-state index contributed by atoms with van der Waals surface area (Å²) in [5, 5.41) is 13.6. The molecule has 2 aromatic rings. The second-order valence-corrected chi connectivity index (χ2v) is 7.95. The van der Waals surface area contributed by atoms with Crippen molar-refractivity contribution in [3.63, 3.8) is 0 Å². The molecule has 9 heteroatoms. The predicted molar refractivity (Wildman–Crippen MR) is 115 cm³/mol. The molecule has 0 radical (unpaired) electrons. The summed E-state index contributed by atoms with van der Waals surface area (Å²) in [6, 6.07) is 8.77. The van der Waals surface area contributed by atoms with Gasteiger partial charge in [-0.1, -0.05) is 15.9 Å². The van der Waals surface area contributed by atoms with Crippen LogP contribution in [0.25, 0.3) is 0 Å². The number of halogens is 3. The summed E-state index contributed by atoms with van der Waals surface area (Å²) in [7, 11) is 1.53. The van der Waals surface area contributed by atoms with E-state index in [9.17, 15) is 9.90 Å². The van der Waals surface area contributed by atoms with E-state index in [4.69, 9.17) is 9.47 Å². The molecule has 0 aliphatic heterocycles. The van der Waals surface area contributed by atoms with Gasteiger partial charge in [0.1, 0.15) is 5.75 Å². The van der Waals surface area contributed by atoms with Crippen LogP contribution in [0.5, 0.6) is 17.2 Å². The zero-order chi connectivity index (χ0) is 18.4. The van der Waals surface area contributed by atoms with Gasteiger partial charge in [0.2, 0.25) is 0 Å². The summed E-state index contributed by atoms with van der Waals surface area (Å²) in [6.07, 6.45) is 1.50. The fourth-order valence-corrected chi connectivity index (χ4v) is 3.93. The van der Waals surface area contributed by atoms with Crippen molar-refractivity contribution in [2.45, 2.75) is 0 Å². The van der Waals surface area contributed by atoms with Gasteiger partial charge >= 0.3 is 0 Å². The molecule has 0 unspecified atom stereocenters. The van der Waals surface area contributed by atoms with Crippen LogP contribution in [0.1, 0.15) is 5.56 Å². The molecule has 2 aromatic carbocycles. The standard InChI is InChI=1S/C16H13BrI2N2O4/c1-24-14-6-10(17)2-3-13(14)25-8-15(22)21-20-7-9-4-11(18)16(23)12(19)5-9/h2-7,23H,8H2,1H3,(H,21,22)/b20-7+. The van der Waals surface area contributed by atoms with Gasteiger partial charge in [-0.05, 0) is 81.1 Å². The Morgan fingerprint density at radius 2 is 1.96 bits per heavy atom. The van der Waals surface area contributed by atoms with Crippen molar-refractivity contribution in [2.75, 3.05) is 13.7 Å². The van der Waals surface area contributed by atoms with Crippen LogP contribution in [0.4, 0.5) is 0 Å². The molecular formula is C16H13BrI2N2O4. The Hall–Kier alpha value is -1.08. The van der Waals surface area contributed by atoms with E-state index in [0.717, 1.165) is 10.0 Å². The molecule has 0 aliphatic carbocycles. The number of hydrogen-bond donors (Lipinski definition) is 2. The molecule has 132 valence electrons. The second-order valence-electron chi connectivity index (χ2n) is 4.71. The molecule has 0 saturated carbocycles. The molecule has 0 saturated heterocycles. The van der Waals surface area contributed by atoms with Gasteiger partial charge in [0, 0.05) is 4.47 Å². The van der Waals surface area contributed by atoms with E-state index in [1.54, 1.807) is 30.3 Å². The number of carbonyl (C=O) groups is 1. The highest BCUT2D eigenvalue weighted by atomic mass is 127. The van der Waals surface area contributed by atoms with E-state index in [1.165, 1.54) is 13.3 Å².